The molecule has 0 bridgehead atoms. The van der Waals surface area contributed by atoms with Gasteiger partial charge < -0.3 is 0 Å². The Balaban J connectivity index is 1.10. The van der Waals surface area contributed by atoms with Crippen LogP contribution in [0.25, 0.3) is 87.6 Å². The van der Waals surface area contributed by atoms with Crippen molar-refractivity contribution < 1.29 is 0 Å². The van der Waals surface area contributed by atoms with Crippen LogP contribution >= 0.6 is 0 Å². The van der Waals surface area contributed by atoms with Crippen molar-refractivity contribution in [3.63, 3.8) is 0 Å². The second-order valence-corrected chi connectivity index (χ2v) is 17.0. The molecule has 0 spiro atoms. The normalized spacial score (nSPS) is 14.8. The third kappa shape index (κ3) is 4.14. The molecule has 0 saturated carbocycles. The lowest BCUT2D eigenvalue weighted by molar-refractivity contribution is 0.652. The maximum Gasteiger partial charge on any atom is 0.0159 e. The molecule has 0 fully saturated rings. The second kappa shape index (κ2) is 10.8. The van der Waals surface area contributed by atoms with E-state index in [4.69, 9.17) is 0 Å². The number of rotatable bonds is 2. The highest BCUT2D eigenvalue weighted by Gasteiger charge is 2.43. The van der Waals surface area contributed by atoms with Crippen LogP contribution in [0.15, 0.2) is 146 Å². The van der Waals surface area contributed by atoms with Crippen LogP contribution in [0.1, 0.15) is 61.1 Å². The first-order chi connectivity index (χ1) is 26.1. The molecule has 0 radical (unpaired) electrons. The van der Waals surface area contributed by atoms with Gasteiger partial charge in [0.15, 0.2) is 0 Å². The Morgan fingerprint density at radius 1 is 0.315 bits per heavy atom. The summed E-state index contributed by atoms with van der Waals surface area (Å²) in [5.74, 6) is 0. The van der Waals surface area contributed by atoms with E-state index < -0.39 is 0 Å². The van der Waals surface area contributed by atoms with Gasteiger partial charge in [-0.1, -0.05) is 137 Å². The van der Waals surface area contributed by atoms with E-state index in [9.17, 15) is 0 Å². The number of fused-ring (bicyclic) bond motifs is 10. The summed E-state index contributed by atoms with van der Waals surface area (Å²) in [7, 11) is 0. The van der Waals surface area contributed by atoms with Gasteiger partial charge in [0.1, 0.15) is 0 Å². The fourth-order valence-corrected chi connectivity index (χ4v) is 10.6. The molecule has 0 saturated heterocycles. The minimum Gasteiger partial charge on any atom is -0.0616 e. The standard InChI is InChI=1S/C54H42/c1-31-23-37(51-39-19-11-7-15-33(39)25-34-16-8-12-20-40(34)51)27-47-49(31)43-29-46-44(30-45(43)53(47,3)4)50-32(2)24-38(28-48(50)54(46,5)6)52-41-21-13-9-17-35(41)26-36-18-10-14-22-42(36)52/h7-30H,1-6H3. The molecule has 9 aromatic rings. The molecular formula is C54H42. The third-order valence-electron chi connectivity index (χ3n) is 13.2. The molecule has 0 aromatic heterocycles. The Morgan fingerprint density at radius 2 is 0.630 bits per heavy atom. The maximum absolute atomic E-state index is 2.57. The molecule has 0 amide bonds. The van der Waals surface area contributed by atoms with Crippen LogP contribution in [0.4, 0.5) is 0 Å². The highest BCUT2D eigenvalue weighted by Crippen LogP contribution is 2.58. The summed E-state index contributed by atoms with van der Waals surface area (Å²) >= 11 is 0. The van der Waals surface area contributed by atoms with Gasteiger partial charge in [-0.05, 0) is 171 Å². The summed E-state index contributed by atoms with van der Waals surface area (Å²) < 4.78 is 0. The zero-order chi connectivity index (χ0) is 36.7. The maximum atomic E-state index is 2.57. The van der Waals surface area contributed by atoms with Crippen LogP contribution in [0, 0.1) is 13.8 Å². The minimum atomic E-state index is -0.149. The molecule has 0 unspecified atom stereocenters. The van der Waals surface area contributed by atoms with Crippen LogP contribution in [-0.4, -0.2) is 0 Å². The van der Waals surface area contributed by atoms with Crippen molar-refractivity contribution in [2.45, 2.75) is 52.4 Å². The number of benzene rings is 9. The first-order valence-corrected chi connectivity index (χ1v) is 19.4. The van der Waals surface area contributed by atoms with E-state index in [0.717, 1.165) is 0 Å². The summed E-state index contributed by atoms with van der Waals surface area (Å²) in [6.07, 6.45) is 0. The van der Waals surface area contributed by atoms with Crippen molar-refractivity contribution in [1.29, 1.82) is 0 Å². The van der Waals surface area contributed by atoms with Crippen molar-refractivity contribution >= 4 is 43.1 Å². The molecule has 258 valence electrons. The molecule has 0 N–H and O–H groups in total. The fourth-order valence-electron chi connectivity index (χ4n) is 10.6. The van der Waals surface area contributed by atoms with Crippen LogP contribution < -0.4 is 0 Å². The second-order valence-electron chi connectivity index (χ2n) is 17.0. The molecule has 0 aliphatic heterocycles. The Hall–Kier alpha value is -5.98. The topological polar surface area (TPSA) is 0 Å². The van der Waals surface area contributed by atoms with Gasteiger partial charge in [-0.25, -0.2) is 0 Å². The molecule has 11 rings (SSSR count). The average molecular weight is 691 g/mol. The van der Waals surface area contributed by atoms with Gasteiger partial charge in [0, 0.05) is 10.8 Å². The molecule has 2 aliphatic rings. The van der Waals surface area contributed by atoms with Crippen molar-refractivity contribution in [3.05, 3.63) is 179 Å². The number of aryl methyl sites for hydroxylation is 2. The molecule has 0 heteroatoms. The van der Waals surface area contributed by atoms with E-state index in [0.29, 0.717) is 0 Å². The first kappa shape index (κ1) is 31.5. The zero-order valence-corrected chi connectivity index (χ0v) is 31.9. The summed E-state index contributed by atoms with van der Waals surface area (Å²) in [5.41, 5.74) is 19.1. The monoisotopic (exact) mass is 690 g/mol. The van der Waals surface area contributed by atoms with Gasteiger partial charge in [-0.3, -0.25) is 0 Å². The molecule has 54 heavy (non-hydrogen) atoms. The summed E-state index contributed by atoms with van der Waals surface area (Å²) in [6, 6.07) is 55.3. The smallest absolute Gasteiger partial charge is 0.0159 e. The summed E-state index contributed by atoms with van der Waals surface area (Å²) in [5, 5.41) is 10.4. The molecule has 2 aliphatic carbocycles. The van der Waals surface area contributed by atoms with Gasteiger partial charge in [0.2, 0.25) is 0 Å². The predicted molar refractivity (Wildman–Crippen MR) is 232 cm³/mol. The molecule has 0 heterocycles. The molecular weight excluding hydrogens is 649 g/mol. The number of hydrogen-bond acceptors (Lipinski definition) is 0. The van der Waals surface area contributed by atoms with E-state index in [1.165, 1.54) is 121 Å². The lowest BCUT2D eigenvalue weighted by atomic mass is 9.78. The van der Waals surface area contributed by atoms with Gasteiger partial charge in [0.25, 0.3) is 0 Å². The van der Waals surface area contributed by atoms with E-state index >= 15 is 0 Å². The predicted octanol–water partition coefficient (Wildman–Crippen LogP) is 14.9. The Kier molecular flexibility index (Phi) is 6.31. The highest BCUT2D eigenvalue weighted by molar-refractivity contribution is 6.14. The lowest BCUT2D eigenvalue weighted by Crippen LogP contribution is -2.17. The van der Waals surface area contributed by atoms with E-state index in [1.54, 1.807) is 0 Å². The minimum absolute atomic E-state index is 0.149. The fraction of sp³-hybridized carbons (Fsp3) is 0.148. The van der Waals surface area contributed by atoms with Gasteiger partial charge >= 0.3 is 0 Å². The van der Waals surface area contributed by atoms with E-state index in [2.05, 4.69) is 187 Å². The van der Waals surface area contributed by atoms with Crippen molar-refractivity contribution in [2.75, 3.05) is 0 Å². The summed E-state index contributed by atoms with van der Waals surface area (Å²) in [4.78, 5) is 0. The zero-order valence-electron chi connectivity index (χ0n) is 31.9. The largest absolute Gasteiger partial charge is 0.0616 e. The Morgan fingerprint density at radius 3 is 0.963 bits per heavy atom. The SMILES string of the molecule is Cc1cc(-c2c3ccccc3cc3ccccc23)cc2c1-c1cc3c(cc1C2(C)C)-c1c(C)cc(-c2c4ccccc4cc4ccccc24)cc1C3(C)C. The van der Waals surface area contributed by atoms with Crippen molar-refractivity contribution in [3.8, 4) is 44.5 Å². The van der Waals surface area contributed by atoms with E-state index in [1.807, 2.05) is 0 Å². The van der Waals surface area contributed by atoms with Crippen LogP contribution in [0.3, 0.4) is 0 Å². The quantitative estimate of drug-likeness (QED) is 0.158. The van der Waals surface area contributed by atoms with Crippen LogP contribution in [0.2, 0.25) is 0 Å². The van der Waals surface area contributed by atoms with Gasteiger partial charge in [-0.2, -0.15) is 0 Å². The average Bonchev–Trinajstić information content (AvgIpc) is 3.54. The van der Waals surface area contributed by atoms with Crippen LogP contribution in [0.5, 0.6) is 0 Å². The summed E-state index contributed by atoms with van der Waals surface area (Å²) in [6.45, 7) is 14.4. The van der Waals surface area contributed by atoms with Crippen molar-refractivity contribution in [2.24, 2.45) is 0 Å². The lowest BCUT2D eigenvalue weighted by Gasteiger charge is -2.25. The molecule has 0 nitrogen and oxygen atoms in total. The Bertz CT molecular complexity index is 2790. The Labute approximate surface area is 317 Å². The first-order valence-electron chi connectivity index (χ1n) is 19.4. The van der Waals surface area contributed by atoms with Gasteiger partial charge in [0.05, 0.1) is 0 Å². The number of hydrogen-bond donors (Lipinski definition) is 0. The van der Waals surface area contributed by atoms with Crippen LogP contribution in [-0.2, 0) is 10.8 Å². The highest BCUT2D eigenvalue weighted by atomic mass is 14.5. The van der Waals surface area contributed by atoms with Crippen molar-refractivity contribution in [1.82, 2.24) is 0 Å². The van der Waals surface area contributed by atoms with Gasteiger partial charge in [-0.15, -0.1) is 0 Å². The van der Waals surface area contributed by atoms with E-state index in [-0.39, 0.29) is 10.8 Å². The molecule has 0 atom stereocenters. The molecule has 9 aromatic carbocycles. The third-order valence-corrected chi connectivity index (χ3v) is 13.2.